The van der Waals surface area contributed by atoms with E-state index in [4.69, 9.17) is 22.1 Å². The molecule has 1 amide bonds. The number of thiocarbonyl (C=S) groups is 1. The van der Waals surface area contributed by atoms with Crippen LogP contribution in [0.15, 0.2) is 59.5 Å². The molecule has 0 bridgehead atoms. The average molecular weight is 371 g/mol. The van der Waals surface area contributed by atoms with Gasteiger partial charge in [0.15, 0.2) is 10.9 Å². The van der Waals surface area contributed by atoms with Gasteiger partial charge < -0.3 is 9.84 Å². The van der Waals surface area contributed by atoms with Gasteiger partial charge in [-0.2, -0.15) is 0 Å². The topological polar surface area (TPSA) is 66.8 Å². The maximum Gasteiger partial charge on any atom is 0.341 e. The first kappa shape index (κ1) is 17.2. The molecule has 0 aromatic heterocycles. The standard InChI is InChI=1S/C18H13NO4S2/c20-16(21)11-23-14-9-5-4-6-12(14)10-15-17(22)19(18(24)25-15)13-7-2-1-3-8-13/h1-10H,11H2,(H,20,21)/b15-10-. The largest absolute Gasteiger partial charge is 0.481 e. The molecule has 25 heavy (non-hydrogen) atoms. The molecule has 126 valence electrons. The van der Waals surface area contributed by atoms with E-state index in [9.17, 15) is 9.59 Å². The van der Waals surface area contributed by atoms with Gasteiger partial charge in [0.2, 0.25) is 0 Å². The Morgan fingerprint density at radius 2 is 1.84 bits per heavy atom. The van der Waals surface area contributed by atoms with Crippen molar-refractivity contribution in [2.45, 2.75) is 0 Å². The predicted molar refractivity (Wildman–Crippen MR) is 102 cm³/mol. The van der Waals surface area contributed by atoms with E-state index in [1.54, 1.807) is 30.3 Å². The number of rotatable bonds is 5. The second-order valence-electron chi connectivity index (χ2n) is 5.07. The number of nitrogens with zero attached hydrogens (tertiary/aromatic N) is 1. The number of anilines is 1. The second-order valence-corrected chi connectivity index (χ2v) is 6.75. The SMILES string of the molecule is O=C(O)COc1ccccc1/C=C1\SC(=S)N(c2ccccc2)C1=O. The van der Waals surface area contributed by atoms with Gasteiger partial charge in [0.05, 0.1) is 10.6 Å². The number of para-hydroxylation sites is 2. The number of carboxylic acid groups (broad SMARTS) is 1. The first-order valence-electron chi connectivity index (χ1n) is 7.33. The average Bonchev–Trinajstić information content (AvgIpc) is 2.88. The quantitative estimate of drug-likeness (QED) is 0.640. The molecule has 1 N–H and O–H groups in total. The van der Waals surface area contributed by atoms with Crippen LogP contribution < -0.4 is 9.64 Å². The summed E-state index contributed by atoms with van der Waals surface area (Å²) in [4.78, 5) is 25.4. The van der Waals surface area contributed by atoms with Crippen molar-refractivity contribution in [2.75, 3.05) is 11.5 Å². The van der Waals surface area contributed by atoms with E-state index >= 15 is 0 Å². The van der Waals surface area contributed by atoms with Crippen molar-refractivity contribution in [3.05, 3.63) is 65.1 Å². The molecule has 0 radical (unpaired) electrons. The summed E-state index contributed by atoms with van der Waals surface area (Å²) in [6.07, 6.45) is 1.67. The maximum atomic E-state index is 12.7. The number of thioether (sulfide) groups is 1. The van der Waals surface area contributed by atoms with Crippen molar-refractivity contribution in [1.29, 1.82) is 0 Å². The number of benzene rings is 2. The summed E-state index contributed by atoms with van der Waals surface area (Å²) in [6, 6.07) is 16.1. The highest BCUT2D eigenvalue weighted by molar-refractivity contribution is 8.27. The zero-order valence-electron chi connectivity index (χ0n) is 12.9. The van der Waals surface area contributed by atoms with E-state index in [0.29, 0.717) is 26.2 Å². The Hall–Kier alpha value is -2.64. The number of amides is 1. The zero-order valence-corrected chi connectivity index (χ0v) is 14.5. The Balaban J connectivity index is 1.89. The highest BCUT2D eigenvalue weighted by Gasteiger charge is 2.33. The Labute approximate surface area is 153 Å². The smallest absolute Gasteiger partial charge is 0.341 e. The number of carbonyl (C=O) groups excluding carboxylic acids is 1. The van der Waals surface area contributed by atoms with Gasteiger partial charge in [0.25, 0.3) is 5.91 Å². The molecule has 1 saturated heterocycles. The Morgan fingerprint density at radius 3 is 2.56 bits per heavy atom. The molecule has 1 aliphatic rings. The van der Waals surface area contributed by atoms with E-state index in [1.807, 2.05) is 30.3 Å². The normalized spacial score (nSPS) is 15.7. The number of hydrogen-bond acceptors (Lipinski definition) is 5. The van der Waals surface area contributed by atoms with Gasteiger partial charge in [-0.3, -0.25) is 9.69 Å². The molecule has 0 unspecified atom stereocenters. The lowest BCUT2D eigenvalue weighted by Gasteiger charge is -2.13. The molecule has 3 rings (SSSR count). The third kappa shape index (κ3) is 3.89. The zero-order chi connectivity index (χ0) is 17.8. The van der Waals surface area contributed by atoms with Gasteiger partial charge in [-0.1, -0.05) is 60.4 Å². The van der Waals surface area contributed by atoms with Crippen molar-refractivity contribution in [1.82, 2.24) is 0 Å². The first-order valence-corrected chi connectivity index (χ1v) is 8.55. The molecule has 0 aliphatic carbocycles. The number of carbonyl (C=O) groups is 2. The number of carboxylic acids is 1. The first-order chi connectivity index (χ1) is 12.1. The molecular weight excluding hydrogens is 358 g/mol. The fraction of sp³-hybridized carbons (Fsp3) is 0.0556. The van der Waals surface area contributed by atoms with Crippen molar-refractivity contribution in [3.8, 4) is 5.75 Å². The Bertz CT molecular complexity index is 864. The summed E-state index contributed by atoms with van der Waals surface area (Å²) < 4.78 is 5.72. The predicted octanol–water partition coefficient (Wildman–Crippen LogP) is 3.56. The van der Waals surface area contributed by atoms with Crippen LogP contribution in [0.2, 0.25) is 0 Å². The van der Waals surface area contributed by atoms with E-state index in [1.165, 1.54) is 16.7 Å². The van der Waals surface area contributed by atoms with Crippen molar-refractivity contribution >= 4 is 51.9 Å². The van der Waals surface area contributed by atoms with E-state index in [2.05, 4.69) is 0 Å². The van der Waals surface area contributed by atoms with Crippen LogP contribution in [0.5, 0.6) is 5.75 Å². The van der Waals surface area contributed by atoms with Gasteiger partial charge >= 0.3 is 5.97 Å². The minimum atomic E-state index is -1.06. The molecule has 1 heterocycles. The van der Waals surface area contributed by atoms with Crippen LogP contribution in [0.4, 0.5) is 5.69 Å². The van der Waals surface area contributed by atoms with Crippen LogP contribution in [0, 0.1) is 0 Å². The van der Waals surface area contributed by atoms with Gasteiger partial charge in [0, 0.05) is 5.56 Å². The van der Waals surface area contributed by atoms with E-state index in [-0.39, 0.29) is 5.91 Å². The summed E-state index contributed by atoms with van der Waals surface area (Å²) in [6.45, 7) is -0.449. The molecule has 0 saturated carbocycles. The third-order valence-electron chi connectivity index (χ3n) is 3.36. The van der Waals surface area contributed by atoms with Crippen LogP contribution in [0.3, 0.4) is 0 Å². The third-order valence-corrected chi connectivity index (χ3v) is 4.67. The highest BCUT2D eigenvalue weighted by atomic mass is 32.2. The summed E-state index contributed by atoms with van der Waals surface area (Å²) in [5.41, 5.74) is 1.33. The number of ether oxygens (including phenoxy) is 1. The van der Waals surface area contributed by atoms with Crippen LogP contribution in [0.25, 0.3) is 6.08 Å². The minimum absolute atomic E-state index is 0.214. The van der Waals surface area contributed by atoms with Crippen LogP contribution in [-0.2, 0) is 9.59 Å². The molecular formula is C18H13NO4S2. The molecule has 2 aromatic carbocycles. The molecule has 7 heteroatoms. The lowest BCUT2D eigenvalue weighted by atomic mass is 10.2. The van der Waals surface area contributed by atoms with Crippen LogP contribution >= 0.6 is 24.0 Å². The molecule has 0 atom stereocenters. The summed E-state index contributed by atoms with van der Waals surface area (Å²) in [5, 5.41) is 8.77. The monoisotopic (exact) mass is 371 g/mol. The lowest BCUT2D eigenvalue weighted by Crippen LogP contribution is -2.27. The Kier molecular flexibility index (Phi) is 5.16. The van der Waals surface area contributed by atoms with Gasteiger partial charge in [-0.25, -0.2) is 4.79 Å². The highest BCUT2D eigenvalue weighted by Crippen LogP contribution is 2.36. The molecule has 1 aliphatic heterocycles. The summed E-state index contributed by atoms with van der Waals surface area (Å²) >= 11 is 6.53. The van der Waals surface area contributed by atoms with Gasteiger partial charge in [0.1, 0.15) is 5.75 Å². The summed E-state index contributed by atoms with van der Waals surface area (Å²) in [7, 11) is 0. The van der Waals surface area contributed by atoms with Crippen molar-refractivity contribution < 1.29 is 19.4 Å². The van der Waals surface area contributed by atoms with Crippen molar-refractivity contribution in [2.24, 2.45) is 0 Å². The second kappa shape index (κ2) is 7.50. The molecule has 1 fully saturated rings. The van der Waals surface area contributed by atoms with E-state index in [0.717, 1.165) is 0 Å². The molecule has 2 aromatic rings. The number of aliphatic carboxylic acids is 1. The van der Waals surface area contributed by atoms with Crippen LogP contribution in [0.1, 0.15) is 5.56 Å². The summed E-state index contributed by atoms with van der Waals surface area (Å²) in [5.74, 6) is -0.880. The lowest BCUT2D eigenvalue weighted by molar-refractivity contribution is -0.139. The van der Waals surface area contributed by atoms with Gasteiger partial charge in [-0.05, 0) is 24.3 Å². The van der Waals surface area contributed by atoms with E-state index < -0.39 is 12.6 Å². The fourth-order valence-corrected chi connectivity index (χ4v) is 3.57. The molecule has 5 nitrogen and oxygen atoms in total. The van der Waals surface area contributed by atoms with Crippen molar-refractivity contribution in [3.63, 3.8) is 0 Å². The Morgan fingerprint density at radius 1 is 1.16 bits per heavy atom. The number of hydrogen-bond donors (Lipinski definition) is 1. The fourth-order valence-electron chi connectivity index (χ4n) is 2.28. The molecule has 0 spiro atoms. The van der Waals surface area contributed by atoms with Crippen LogP contribution in [-0.4, -0.2) is 27.9 Å². The van der Waals surface area contributed by atoms with Gasteiger partial charge in [-0.15, -0.1) is 0 Å². The minimum Gasteiger partial charge on any atom is -0.481 e. The maximum absolute atomic E-state index is 12.7.